The van der Waals surface area contributed by atoms with E-state index in [1.807, 2.05) is 0 Å². The molecule has 4 heteroatoms. The van der Waals surface area contributed by atoms with Gasteiger partial charge in [0.2, 0.25) is 0 Å². The molecule has 1 aromatic carbocycles. The Kier molecular flexibility index (Phi) is 4.13. The highest BCUT2D eigenvalue weighted by Gasteiger charge is 2.46. The maximum Gasteiger partial charge on any atom is 0.416 e. The second-order valence-corrected chi connectivity index (χ2v) is 7.16. The third kappa shape index (κ3) is 3.25. The highest BCUT2D eigenvalue weighted by molar-refractivity contribution is 5.30. The number of benzene rings is 1. The SMILES string of the molecule is CC(C)(C)C1CCCCC1(O)c1ccc(C(F)(F)F)cc1. The van der Waals surface area contributed by atoms with Gasteiger partial charge in [-0.1, -0.05) is 45.7 Å². The molecule has 118 valence electrons. The predicted molar refractivity (Wildman–Crippen MR) is 76.8 cm³/mol. The minimum Gasteiger partial charge on any atom is -0.385 e. The molecule has 2 atom stereocenters. The van der Waals surface area contributed by atoms with E-state index in [-0.39, 0.29) is 11.3 Å². The Morgan fingerprint density at radius 3 is 2.10 bits per heavy atom. The molecular formula is C17H23F3O. The van der Waals surface area contributed by atoms with E-state index in [0.717, 1.165) is 31.4 Å². The van der Waals surface area contributed by atoms with Crippen molar-refractivity contribution >= 4 is 0 Å². The molecule has 1 nitrogen and oxygen atoms in total. The van der Waals surface area contributed by atoms with Crippen LogP contribution in [0.15, 0.2) is 24.3 Å². The van der Waals surface area contributed by atoms with E-state index in [9.17, 15) is 18.3 Å². The first kappa shape index (κ1) is 16.3. The summed E-state index contributed by atoms with van der Waals surface area (Å²) in [6, 6.07) is 5.02. The van der Waals surface area contributed by atoms with Gasteiger partial charge in [-0.3, -0.25) is 0 Å². The summed E-state index contributed by atoms with van der Waals surface area (Å²) in [4.78, 5) is 0. The lowest BCUT2D eigenvalue weighted by atomic mass is 9.61. The Hall–Kier alpha value is -1.03. The fourth-order valence-corrected chi connectivity index (χ4v) is 3.60. The van der Waals surface area contributed by atoms with Gasteiger partial charge in [-0.25, -0.2) is 0 Å². The molecule has 0 amide bonds. The van der Waals surface area contributed by atoms with E-state index in [1.54, 1.807) is 0 Å². The molecule has 1 saturated carbocycles. The summed E-state index contributed by atoms with van der Waals surface area (Å²) in [6.07, 6.45) is -0.854. The molecular weight excluding hydrogens is 277 g/mol. The normalized spacial score (nSPS) is 27.7. The third-order valence-corrected chi connectivity index (χ3v) is 4.63. The topological polar surface area (TPSA) is 20.2 Å². The summed E-state index contributed by atoms with van der Waals surface area (Å²) < 4.78 is 38.0. The monoisotopic (exact) mass is 300 g/mol. The van der Waals surface area contributed by atoms with E-state index in [0.29, 0.717) is 12.0 Å². The minimum atomic E-state index is -4.34. The Morgan fingerprint density at radius 2 is 1.62 bits per heavy atom. The first-order chi connectivity index (χ1) is 9.55. The van der Waals surface area contributed by atoms with E-state index >= 15 is 0 Å². The number of hydrogen-bond acceptors (Lipinski definition) is 1. The molecule has 1 N–H and O–H groups in total. The van der Waals surface area contributed by atoms with Crippen molar-refractivity contribution in [2.75, 3.05) is 0 Å². The minimum absolute atomic E-state index is 0.0514. The van der Waals surface area contributed by atoms with Crippen molar-refractivity contribution < 1.29 is 18.3 Å². The Morgan fingerprint density at radius 1 is 1.05 bits per heavy atom. The Bertz CT molecular complexity index is 484. The van der Waals surface area contributed by atoms with Crippen LogP contribution in [-0.4, -0.2) is 5.11 Å². The fourth-order valence-electron chi connectivity index (χ4n) is 3.60. The second kappa shape index (κ2) is 5.31. The molecule has 0 aliphatic heterocycles. The van der Waals surface area contributed by atoms with Crippen molar-refractivity contribution in [3.63, 3.8) is 0 Å². The highest BCUT2D eigenvalue weighted by atomic mass is 19.4. The van der Waals surface area contributed by atoms with Crippen LogP contribution >= 0.6 is 0 Å². The van der Waals surface area contributed by atoms with Crippen LogP contribution in [0, 0.1) is 11.3 Å². The lowest BCUT2D eigenvalue weighted by Gasteiger charge is -2.47. The molecule has 1 aliphatic carbocycles. The number of hydrogen-bond donors (Lipinski definition) is 1. The predicted octanol–water partition coefficient (Wildman–Crippen LogP) is 5.13. The molecule has 2 rings (SSSR count). The molecule has 0 radical (unpaired) electrons. The molecule has 0 spiro atoms. The van der Waals surface area contributed by atoms with Crippen LogP contribution in [0.5, 0.6) is 0 Å². The lowest BCUT2D eigenvalue weighted by Crippen LogP contribution is -2.44. The maximum atomic E-state index is 12.7. The van der Waals surface area contributed by atoms with Gasteiger partial charge >= 0.3 is 6.18 Å². The summed E-state index contributed by atoms with van der Waals surface area (Å²) in [5, 5.41) is 11.2. The Balaban J connectivity index is 2.37. The average Bonchev–Trinajstić information content (AvgIpc) is 2.37. The average molecular weight is 300 g/mol. The van der Waals surface area contributed by atoms with Crippen molar-refractivity contribution in [2.24, 2.45) is 11.3 Å². The van der Waals surface area contributed by atoms with Gasteiger partial charge < -0.3 is 5.11 Å². The van der Waals surface area contributed by atoms with Gasteiger partial charge in [0.05, 0.1) is 11.2 Å². The zero-order valence-electron chi connectivity index (χ0n) is 12.8. The number of rotatable bonds is 1. The molecule has 0 heterocycles. The molecule has 0 saturated heterocycles. The molecule has 0 aromatic heterocycles. The van der Waals surface area contributed by atoms with E-state index < -0.39 is 17.3 Å². The van der Waals surface area contributed by atoms with Gasteiger partial charge in [-0.05, 0) is 41.9 Å². The second-order valence-electron chi connectivity index (χ2n) is 7.16. The standard InChI is InChI=1S/C17H23F3O/c1-15(2,3)14-6-4-5-11-16(14,21)12-7-9-13(10-8-12)17(18,19)20/h7-10,14,21H,4-6,11H2,1-3H3. The summed E-state index contributed by atoms with van der Waals surface area (Å²) in [5.41, 5.74) is -1.17. The highest BCUT2D eigenvalue weighted by Crippen LogP contribution is 2.49. The molecule has 0 bridgehead atoms. The van der Waals surface area contributed by atoms with Crippen LogP contribution in [-0.2, 0) is 11.8 Å². The van der Waals surface area contributed by atoms with Crippen molar-refractivity contribution in [3.8, 4) is 0 Å². The first-order valence-electron chi connectivity index (χ1n) is 7.45. The molecule has 1 aromatic rings. The van der Waals surface area contributed by atoms with Crippen molar-refractivity contribution in [1.82, 2.24) is 0 Å². The van der Waals surface area contributed by atoms with Gasteiger partial charge in [0, 0.05) is 0 Å². The summed E-state index contributed by atoms with van der Waals surface area (Å²) in [5.74, 6) is 0.0514. The Labute approximate surface area is 124 Å². The van der Waals surface area contributed by atoms with Crippen LogP contribution in [0.4, 0.5) is 13.2 Å². The third-order valence-electron chi connectivity index (χ3n) is 4.63. The van der Waals surface area contributed by atoms with Crippen molar-refractivity contribution in [1.29, 1.82) is 0 Å². The van der Waals surface area contributed by atoms with E-state index in [2.05, 4.69) is 20.8 Å². The van der Waals surface area contributed by atoms with E-state index in [4.69, 9.17) is 0 Å². The smallest absolute Gasteiger partial charge is 0.385 e. The fraction of sp³-hybridized carbons (Fsp3) is 0.647. The summed E-state index contributed by atoms with van der Waals surface area (Å²) >= 11 is 0. The molecule has 2 unspecified atom stereocenters. The zero-order valence-corrected chi connectivity index (χ0v) is 12.8. The number of alkyl halides is 3. The van der Waals surface area contributed by atoms with Crippen molar-refractivity contribution in [2.45, 2.75) is 58.2 Å². The quantitative estimate of drug-likeness (QED) is 0.762. The van der Waals surface area contributed by atoms with Gasteiger partial charge in [0.15, 0.2) is 0 Å². The number of halogens is 3. The molecule has 1 aliphatic rings. The first-order valence-corrected chi connectivity index (χ1v) is 7.45. The lowest BCUT2D eigenvalue weighted by molar-refractivity contribution is -0.137. The van der Waals surface area contributed by atoms with Gasteiger partial charge in [-0.2, -0.15) is 13.2 Å². The van der Waals surface area contributed by atoms with E-state index in [1.165, 1.54) is 12.1 Å². The zero-order chi connectivity index (χ0) is 15.9. The van der Waals surface area contributed by atoms with Crippen molar-refractivity contribution in [3.05, 3.63) is 35.4 Å². The van der Waals surface area contributed by atoms with Crippen LogP contribution in [0.1, 0.15) is 57.6 Å². The van der Waals surface area contributed by atoms with Gasteiger partial charge in [0.25, 0.3) is 0 Å². The van der Waals surface area contributed by atoms with Crippen LogP contribution in [0.3, 0.4) is 0 Å². The molecule has 21 heavy (non-hydrogen) atoms. The largest absolute Gasteiger partial charge is 0.416 e. The summed E-state index contributed by atoms with van der Waals surface area (Å²) in [7, 11) is 0. The molecule has 1 fully saturated rings. The van der Waals surface area contributed by atoms with Crippen LogP contribution in [0.2, 0.25) is 0 Å². The van der Waals surface area contributed by atoms with Gasteiger partial charge in [0.1, 0.15) is 0 Å². The van der Waals surface area contributed by atoms with Crippen LogP contribution in [0.25, 0.3) is 0 Å². The number of aliphatic hydroxyl groups is 1. The maximum absolute atomic E-state index is 12.7. The van der Waals surface area contributed by atoms with Crippen LogP contribution < -0.4 is 0 Å². The summed E-state index contributed by atoms with van der Waals surface area (Å²) in [6.45, 7) is 6.24. The van der Waals surface area contributed by atoms with Gasteiger partial charge in [-0.15, -0.1) is 0 Å².